The third-order valence-electron chi connectivity index (χ3n) is 6.48. The lowest BCUT2D eigenvalue weighted by atomic mass is 10.1. The van der Waals surface area contributed by atoms with E-state index >= 15 is 0 Å². The topological polar surface area (TPSA) is 57.7 Å². The monoisotopic (exact) mass is 464 g/mol. The van der Waals surface area contributed by atoms with Crippen molar-refractivity contribution in [1.82, 2.24) is 9.88 Å². The van der Waals surface area contributed by atoms with Gasteiger partial charge < -0.3 is 15.0 Å². The highest BCUT2D eigenvalue weighted by atomic mass is 35.5. The van der Waals surface area contributed by atoms with Gasteiger partial charge in [0.25, 0.3) is 0 Å². The lowest BCUT2D eigenvalue weighted by Gasteiger charge is -2.36. The van der Waals surface area contributed by atoms with Gasteiger partial charge in [-0.3, -0.25) is 9.69 Å². The largest absolute Gasteiger partial charge is 0.478 e. The predicted octanol–water partition coefficient (Wildman–Crippen LogP) is 4.75. The molecular weight excluding hydrogens is 436 g/mol. The molecule has 1 fully saturated rings. The number of carbonyl (C=O) groups is 1. The minimum absolute atomic E-state index is 0.0251. The van der Waals surface area contributed by atoms with Crippen LogP contribution in [-0.4, -0.2) is 55.1 Å². The van der Waals surface area contributed by atoms with Crippen molar-refractivity contribution < 1.29 is 9.53 Å². The lowest BCUT2D eigenvalue weighted by Crippen LogP contribution is -2.46. The summed E-state index contributed by atoms with van der Waals surface area (Å²) in [6.07, 6.45) is 3.35. The molecule has 0 atom stereocenters. The molecule has 1 saturated heterocycles. The number of fused-ring (bicyclic) bond motifs is 2. The molecule has 1 amide bonds. The van der Waals surface area contributed by atoms with Gasteiger partial charge in [0.05, 0.1) is 6.61 Å². The summed E-state index contributed by atoms with van der Waals surface area (Å²) in [5, 5.41) is 6.07. The molecule has 172 valence electrons. The molecule has 2 aromatic carbocycles. The van der Waals surface area contributed by atoms with E-state index in [9.17, 15) is 4.79 Å². The normalized spacial score (nSPS) is 16.5. The van der Waals surface area contributed by atoms with Gasteiger partial charge in [0.1, 0.15) is 5.82 Å². The van der Waals surface area contributed by atoms with Crippen LogP contribution in [0.15, 0.2) is 48.5 Å². The number of carbonyl (C=O) groups excluding carboxylic acids is 1. The fraction of sp³-hybridized carbons (Fsp3) is 0.385. The molecule has 7 heteroatoms. The highest BCUT2D eigenvalue weighted by Gasteiger charge is 2.19. The van der Waals surface area contributed by atoms with Crippen LogP contribution in [0, 0.1) is 0 Å². The first-order valence-electron chi connectivity index (χ1n) is 11.7. The minimum atomic E-state index is 0.0251. The molecule has 2 aliphatic rings. The fourth-order valence-electron chi connectivity index (χ4n) is 4.64. The van der Waals surface area contributed by atoms with Gasteiger partial charge in [0.15, 0.2) is 0 Å². The van der Waals surface area contributed by atoms with Gasteiger partial charge in [0, 0.05) is 54.8 Å². The van der Waals surface area contributed by atoms with Crippen LogP contribution < -0.4 is 15.0 Å². The third-order valence-corrected chi connectivity index (χ3v) is 6.72. The first-order chi connectivity index (χ1) is 16.2. The summed E-state index contributed by atoms with van der Waals surface area (Å²) in [4.78, 5) is 21.0. The Hall–Kier alpha value is -2.83. The predicted molar refractivity (Wildman–Crippen MR) is 134 cm³/mol. The zero-order chi connectivity index (χ0) is 22.6. The van der Waals surface area contributed by atoms with Gasteiger partial charge in [-0.2, -0.15) is 4.98 Å². The molecule has 2 aliphatic heterocycles. The zero-order valence-electron chi connectivity index (χ0n) is 18.7. The van der Waals surface area contributed by atoms with Crippen LogP contribution in [0.1, 0.15) is 24.8 Å². The van der Waals surface area contributed by atoms with E-state index in [1.54, 1.807) is 0 Å². The summed E-state index contributed by atoms with van der Waals surface area (Å²) >= 11 is 6.17. The van der Waals surface area contributed by atoms with Crippen LogP contribution in [0.2, 0.25) is 5.02 Å². The minimum Gasteiger partial charge on any atom is -0.478 e. The molecule has 0 radical (unpaired) electrons. The molecule has 0 saturated carbocycles. The summed E-state index contributed by atoms with van der Waals surface area (Å²) < 4.78 is 5.82. The number of nitrogens with zero attached hydrogens (tertiary/aromatic N) is 3. The van der Waals surface area contributed by atoms with Gasteiger partial charge in [-0.1, -0.05) is 29.8 Å². The van der Waals surface area contributed by atoms with E-state index < -0.39 is 0 Å². The number of amides is 1. The van der Waals surface area contributed by atoms with Crippen molar-refractivity contribution in [3.05, 3.63) is 59.1 Å². The van der Waals surface area contributed by atoms with E-state index in [2.05, 4.69) is 44.4 Å². The van der Waals surface area contributed by atoms with Crippen molar-refractivity contribution in [2.75, 3.05) is 49.5 Å². The maximum Gasteiger partial charge on any atom is 0.225 e. The average molecular weight is 465 g/mol. The maximum absolute atomic E-state index is 11.6. The third kappa shape index (κ3) is 5.23. The summed E-state index contributed by atoms with van der Waals surface area (Å²) in [6.45, 7) is 5.91. The number of rotatable bonds is 7. The van der Waals surface area contributed by atoms with Crippen LogP contribution in [-0.2, 0) is 11.2 Å². The van der Waals surface area contributed by atoms with Gasteiger partial charge in [0.2, 0.25) is 11.8 Å². The first-order valence-corrected chi connectivity index (χ1v) is 12.1. The standard InChI is InChI=1S/C26H29ClN4O2/c27-21-8-9-22-20(18-21)4-3-5-23(22)31-15-13-30(14-16-31)12-1-2-17-33-25-11-7-19-6-10-24(32)28-26(19)29-25/h3-5,7-9,11,18H,1-2,6,10,12-17H2,(H,28,29,32). The second-order valence-corrected chi connectivity index (χ2v) is 9.17. The summed E-state index contributed by atoms with van der Waals surface area (Å²) in [5.41, 5.74) is 2.37. The number of halogens is 1. The number of unbranched alkanes of at least 4 members (excludes halogenated alkanes) is 1. The molecule has 33 heavy (non-hydrogen) atoms. The highest BCUT2D eigenvalue weighted by Crippen LogP contribution is 2.29. The van der Waals surface area contributed by atoms with Crippen molar-refractivity contribution in [3.63, 3.8) is 0 Å². The number of piperazine rings is 1. The Labute approximate surface area is 199 Å². The molecule has 0 aliphatic carbocycles. The molecule has 0 bridgehead atoms. The number of nitrogens with one attached hydrogen (secondary N) is 1. The van der Waals surface area contributed by atoms with Crippen molar-refractivity contribution in [2.24, 2.45) is 0 Å². The second kappa shape index (κ2) is 9.98. The van der Waals surface area contributed by atoms with Crippen molar-refractivity contribution in [1.29, 1.82) is 0 Å². The smallest absolute Gasteiger partial charge is 0.225 e. The summed E-state index contributed by atoms with van der Waals surface area (Å²) in [6, 6.07) is 16.5. The van der Waals surface area contributed by atoms with Crippen LogP contribution in [0.4, 0.5) is 11.5 Å². The molecular formula is C26H29ClN4O2. The number of aryl methyl sites for hydroxylation is 1. The number of aromatic nitrogens is 1. The molecule has 0 unspecified atom stereocenters. The van der Waals surface area contributed by atoms with E-state index in [0.29, 0.717) is 24.7 Å². The molecule has 0 spiro atoms. The summed E-state index contributed by atoms with van der Waals surface area (Å²) in [5.74, 6) is 1.26. The van der Waals surface area contributed by atoms with Crippen LogP contribution in [0.25, 0.3) is 10.8 Å². The van der Waals surface area contributed by atoms with Crippen LogP contribution in [0.3, 0.4) is 0 Å². The Kier molecular flexibility index (Phi) is 6.65. The van der Waals surface area contributed by atoms with E-state index in [1.165, 1.54) is 16.5 Å². The van der Waals surface area contributed by atoms with Crippen molar-refractivity contribution in [3.8, 4) is 5.88 Å². The number of pyridine rings is 1. The van der Waals surface area contributed by atoms with Gasteiger partial charge in [-0.15, -0.1) is 0 Å². The Balaban J connectivity index is 1.05. The lowest BCUT2D eigenvalue weighted by molar-refractivity contribution is -0.116. The Morgan fingerprint density at radius 1 is 1.00 bits per heavy atom. The number of hydrogen-bond acceptors (Lipinski definition) is 5. The maximum atomic E-state index is 11.6. The van der Waals surface area contributed by atoms with Gasteiger partial charge >= 0.3 is 0 Å². The molecule has 3 aromatic rings. The SMILES string of the molecule is O=C1CCc2ccc(OCCCCN3CCN(c4cccc5cc(Cl)ccc45)CC3)nc2N1. The molecule has 6 nitrogen and oxygen atoms in total. The fourth-order valence-corrected chi connectivity index (χ4v) is 4.82. The van der Waals surface area contributed by atoms with E-state index in [0.717, 1.165) is 62.6 Å². The molecule has 1 aromatic heterocycles. The molecule has 5 rings (SSSR count). The molecule has 3 heterocycles. The van der Waals surface area contributed by atoms with Crippen LogP contribution in [0.5, 0.6) is 5.88 Å². The zero-order valence-corrected chi connectivity index (χ0v) is 19.5. The average Bonchev–Trinajstić information content (AvgIpc) is 2.83. The number of hydrogen-bond donors (Lipinski definition) is 1. The Morgan fingerprint density at radius 3 is 2.76 bits per heavy atom. The van der Waals surface area contributed by atoms with Gasteiger partial charge in [-0.25, -0.2) is 0 Å². The van der Waals surface area contributed by atoms with E-state index in [4.69, 9.17) is 16.3 Å². The Morgan fingerprint density at radius 2 is 1.88 bits per heavy atom. The molecule has 1 N–H and O–H groups in total. The highest BCUT2D eigenvalue weighted by molar-refractivity contribution is 6.31. The Bertz CT molecular complexity index is 1140. The second-order valence-electron chi connectivity index (χ2n) is 8.73. The van der Waals surface area contributed by atoms with E-state index in [-0.39, 0.29) is 5.91 Å². The summed E-state index contributed by atoms with van der Waals surface area (Å²) in [7, 11) is 0. The number of anilines is 2. The van der Waals surface area contributed by atoms with Crippen molar-refractivity contribution in [2.45, 2.75) is 25.7 Å². The van der Waals surface area contributed by atoms with E-state index in [1.807, 2.05) is 24.3 Å². The number of ether oxygens (including phenoxy) is 1. The van der Waals surface area contributed by atoms with Crippen LogP contribution >= 0.6 is 11.6 Å². The quantitative estimate of drug-likeness (QED) is 0.511. The van der Waals surface area contributed by atoms with Crippen molar-refractivity contribution >= 4 is 39.8 Å². The first kappa shape index (κ1) is 22.0. The number of benzene rings is 2. The van der Waals surface area contributed by atoms with Gasteiger partial charge in [-0.05, 0) is 61.0 Å².